The second-order valence-electron chi connectivity index (χ2n) is 23.6. The number of hydrogen-bond acceptors (Lipinski definition) is 12. The van der Waals surface area contributed by atoms with Gasteiger partial charge in [-0.3, -0.25) is 9.98 Å². The van der Waals surface area contributed by atoms with Gasteiger partial charge in [-0.2, -0.15) is 0 Å². The van der Waals surface area contributed by atoms with Gasteiger partial charge in [0, 0.05) is 35.5 Å². The average molecular weight is 1180 g/mol. The highest BCUT2D eigenvalue weighted by atomic mass is 28.4. The molecular formula is C71H108N2O10Si. The minimum absolute atomic E-state index is 0. The molecule has 10 atom stereocenters. The lowest BCUT2D eigenvalue weighted by Gasteiger charge is -2.44. The Hall–Kier alpha value is -4.80. The summed E-state index contributed by atoms with van der Waals surface area (Å²) < 4.78 is 44.0. The summed E-state index contributed by atoms with van der Waals surface area (Å²) in [6, 6.07) is 38.9. The molecule has 0 saturated carbocycles. The van der Waals surface area contributed by atoms with E-state index in [0.29, 0.717) is 13.2 Å². The standard InChI is InChI=1S/C38H59NO5Si.C32H45NO5.CH4/c1-8-10-11-12-13-14-15-22-28-41-36-34(39-33(30-23-18-16-19-24-30)31-25-20-17-21-26-31)37(42-27-9-2)44-32(35(36)40)29-43-45(6,7)38(3,4)5;1-3-5-6-7-8-9-10-17-23-36-31-29(32(37-22-4-2)38-27(24-34)30(31)35)33-28(25-18-13-11-14-19-25)26-20-15-12-16-21-26;/h9,16-21,23-27,32,34-37,40H,8,10-15,22,28-29H2,1-7H3;4,11-16,18-22,27,29-32,34-35H,3,5-10,17,23-24H2,1-2H3;1H4/b27-9-;22-4-;/t32?,34?,35-,36-,37+;27?,29?,30-,31-,32+;/m11./s1. The number of allylic oxidation sites excluding steroid dienone is 2. The zero-order valence-electron chi connectivity index (χ0n) is 51.9. The second kappa shape index (κ2) is 39.8. The molecule has 4 aromatic carbocycles. The third-order valence-electron chi connectivity index (χ3n) is 15.9. The Balaban J connectivity index is 0.000000361. The number of benzene rings is 4. The molecule has 3 N–H and O–H groups in total. The maximum atomic E-state index is 11.9. The molecule has 2 fully saturated rings. The van der Waals surface area contributed by atoms with Crippen molar-refractivity contribution in [3.05, 3.63) is 168 Å². The monoisotopic (exact) mass is 1180 g/mol. The van der Waals surface area contributed by atoms with Crippen LogP contribution < -0.4 is 0 Å². The highest BCUT2D eigenvalue weighted by molar-refractivity contribution is 6.74. The molecule has 0 aliphatic carbocycles. The maximum Gasteiger partial charge on any atom is 0.224 e. The fraction of sp³-hybridized carbons (Fsp3) is 0.577. The Labute approximate surface area is 508 Å². The van der Waals surface area contributed by atoms with Crippen LogP contribution in [-0.2, 0) is 32.8 Å². The van der Waals surface area contributed by atoms with Gasteiger partial charge in [0.05, 0.1) is 37.2 Å². The largest absolute Gasteiger partial charge is 0.470 e. The van der Waals surface area contributed by atoms with E-state index in [9.17, 15) is 15.3 Å². The van der Waals surface area contributed by atoms with Crippen molar-refractivity contribution >= 4 is 19.7 Å². The molecule has 0 radical (unpaired) electrons. The molecule has 2 saturated heterocycles. The van der Waals surface area contributed by atoms with E-state index in [1.807, 2.05) is 117 Å². The first kappa shape index (κ1) is 71.7. The molecule has 2 aliphatic rings. The van der Waals surface area contributed by atoms with Gasteiger partial charge in [-0.1, -0.05) is 265 Å². The summed E-state index contributed by atoms with van der Waals surface area (Å²) in [5.74, 6) is 0. The fourth-order valence-corrected chi connectivity index (χ4v) is 11.0. The zero-order chi connectivity index (χ0) is 59.7. The summed E-state index contributed by atoms with van der Waals surface area (Å²) in [5, 5.41) is 33.0. The number of hydrogen-bond donors (Lipinski definition) is 3. The highest BCUT2D eigenvalue weighted by Gasteiger charge is 2.50. The molecule has 466 valence electrons. The van der Waals surface area contributed by atoms with E-state index in [0.717, 1.165) is 59.4 Å². The SMILES string of the molecule is C.C/C=C\O[C@H]1OC(CO)[C@@H](O)[C@H](OCCCCCCCCCC)C1N=C(c1ccccc1)c1ccccc1.C/C=C\O[C@H]1OC(CO[Si](C)(C)C(C)(C)C)[C@@H](O)[C@H](OCCCCCCCCCC)C1N=C(c1ccccc1)c1ccccc1. The van der Waals surface area contributed by atoms with Crippen molar-refractivity contribution in [1.82, 2.24) is 0 Å². The van der Waals surface area contributed by atoms with E-state index in [-0.39, 0.29) is 25.7 Å². The first-order chi connectivity index (χ1) is 40.3. The van der Waals surface area contributed by atoms with Gasteiger partial charge in [0.2, 0.25) is 12.6 Å². The third-order valence-corrected chi connectivity index (χ3v) is 20.4. The summed E-state index contributed by atoms with van der Waals surface area (Å²) >= 11 is 0. The van der Waals surface area contributed by atoms with E-state index in [1.54, 1.807) is 18.6 Å². The molecule has 2 heterocycles. The van der Waals surface area contributed by atoms with Gasteiger partial charge >= 0.3 is 0 Å². The Bertz CT molecular complexity index is 2350. The third kappa shape index (κ3) is 23.5. The number of aliphatic hydroxyl groups excluding tert-OH is 3. The Morgan fingerprint density at radius 3 is 1.15 bits per heavy atom. The molecule has 6 rings (SSSR count). The van der Waals surface area contributed by atoms with Gasteiger partial charge in [-0.05, 0) is 44.8 Å². The van der Waals surface area contributed by atoms with Crippen molar-refractivity contribution in [2.24, 2.45) is 9.98 Å². The summed E-state index contributed by atoms with van der Waals surface area (Å²) in [7, 11) is -2.09. The van der Waals surface area contributed by atoms with Gasteiger partial charge in [-0.25, -0.2) is 0 Å². The Kier molecular flexibility index (Phi) is 34.0. The minimum Gasteiger partial charge on any atom is -0.470 e. The summed E-state index contributed by atoms with van der Waals surface area (Å²) in [4.78, 5) is 10.4. The van der Waals surface area contributed by atoms with Crippen LogP contribution in [0.4, 0.5) is 0 Å². The van der Waals surface area contributed by atoms with Crippen LogP contribution in [0.5, 0.6) is 0 Å². The fourth-order valence-electron chi connectivity index (χ4n) is 10.0. The molecule has 13 heteroatoms. The lowest BCUT2D eigenvalue weighted by molar-refractivity contribution is -0.258. The topological polar surface area (TPSA) is 150 Å². The van der Waals surface area contributed by atoms with Crippen molar-refractivity contribution in [2.45, 2.75) is 238 Å². The molecule has 0 spiro atoms. The smallest absolute Gasteiger partial charge is 0.224 e. The van der Waals surface area contributed by atoms with Crippen LogP contribution in [0.2, 0.25) is 18.1 Å². The van der Waals surface area contributed by atoms with Gasteiger partial charge < -0.3 is 48.2 Å². The molecule has 4 unspecified atom stereocenters. The van der Waals surface area contributed by atoms with E-state index in [1.165, 1.54) is 77.0 Å². The van der Waals surface area contributed by atoms with Crippen LogP contribution in [0, 0.1) is 0 Å². The molecule has 0 amide bonds. The van der Waals surface area contributed by atoms with Crippen molar-refractivity contribution in [2.75, 3.05) is 26.4 Å². The van der Waals surface area contributed by atoms with Crippen molar-refractivity contribution < 1.29 is 48.2 Å². The lowest BCUT2D eigenvalue weighted by Crippen LogP contribution is -2.60. The van der Waals surface area contributed by atoms with Gasteiger partial charge in [0.25, 0.3) is 0 Å². The molecular weight excluding hydrogens is 1070 g/mol. The Morgan fingerprint density at radius 2 is 0.833 bits per heavy atom. The van der Waals surface area contributed by atoms with E-state index >= 15 is 0 Å². The average Bonchev–Trinajstić information content (AvgIpc) is 2.13. The van der Waals surface area contributed by atoms with Crippen LogP contribution in [0.15, 0.2) is 156 Å². The highest BCUT2D eigenvalue weighted by Crippen LogP contribution is 2.38. The molecule has 0 bridgehead atoms. The predicted molar refractivity (Wildman–Crippen MR) is 347 cm³/mol. The normalized spacial score (nSPS) is 22.6. The minimum atomic E-state index is -2.09. The van der Waals surface area contributed by atoms with E-state index < -0.39 is 69.6 Å². The first-order valence-corrected chi connectivity index (χ1v) is 34.2. The summed E-state index contributed by atoms with van der Waals surface area (Å²) in [6.07, 6.45) is 19.8. The number of rotatable bonds is 34. The lowest BCUT2D eigenvalue weighted by atomic mass is 9.95. The van der Waals surface area contributed by atoms with Crippen molar-refractivity contribution in [3.63, 3.8) is 0 Å². The molecule has 12 nitrogen and oxygen atoms in total. The number of unbranched alkanes of at least 4 members (excludes halogenated alkanes) is 14. The molecule has 0 aromatic heterocycles. The van der Waals surface area contributed by atoms with E-state index in [4.69, 9.17) is 42.8 Å². The zero-order valence-corrected chi connectivity index (χ0v) is 52.9. The van der Waals surface area contributed by atoms with Crippen LogP contribution >= 0.6 is 0 Å². The first-order valence-electron chi connectivity index (χ1n) is 31.3. The summed E-state index contributed by atoms with van der Waals surface area (Å²) in [6.45, 7) is 20.3. The number of nitrogens with zero attached hydrogens (tertiary/aromatic N) is 2. The second-order valence-corrected chi connectivity index (χ2v) is 28.4. The number of aliphatic imine (C=N–C) groups is 2. The van der Waals surface area contributed by atoms with Gasteiger partial charge in [0.15, 0.2) is 8.32 Å². The van der Waals surface area contributed by atoms with E-state index in [2.05, 4.69) is 72.0 Å². The predicted octanol–water partition coefficient (Wildman–Crippen LogP) is 15.8. The molecule has 2 aliphatic heterocycles. The van der Waals surface area contributed by atoms with Gasteiger partial charge in [-0.15, -0.1) is 0 Å². The maximum absolute atomic E-state index is 11.9. The number of aliphatic hydroxyl groups is 3. The number of ether oxygens (including phenoxy) is 6. The van der Waals surface area contributed by atoms with Crippen molar-refractivity contribution in [1.29, 1.82) is 0 Å². The van der Waals surface area contributed by atoms with Crippen LogP contribution in [-0.4, -0.2) is 123 Å². The van der Waals surface area contributed by atoms with Gasteiger partial charge in [0.1, 0.15) is 48.7 Å². The van der Waals surface area contributed by atoms with Crippen molar-refractivity contribution in [3.8, 4) is 0 Å². The Morgan fingerprint density at radius 1 is 0.512 bits per heavy atom. The van der Waals surface area contributed by atoms with Crippen LogP contribution in [0.3, 0.4) is 0 Å². The van der Waals surface area contributed by atoms with Crippen LogP contribution in [0.25, 0.3) is 0 Å². The molecule has 84 heavy (non-hydrogen) atoms. The summed E-state index contributed by atoms with van der Waals surface area (Å²) in [5.41, 5.74) is 5.43. The quantitative estimate of drug-likeness (QED) is 0.0179. The molecule has 4 aromatic rings. The van der Waals surface area contributed by atoms with Crippen LogP contribution in [0.1, 0.15) is 181 Å².